The molecule has 0 heterocycles. The van der Waals surface area contributed by atoms with Crippen LogP contribution in [0.1, 0.15) is 12.5 Å². The van der Waals surface area contributed by atoms with Crippen LogP contribution in [-0.4, -0.2) is 42.3 Å². The third kappa shape index (κ3) is 3.76. The monoisotopic (exact) mass is 316 g/mol. The Labute approximate surface area is 122 Å². The largest absolute Gasteiger partial charge is 0.481 e. The number of hydrogen-bond acceptors (Lipinski definition) is 5. The van der Waals surface area contributed by atoms with Crippen LogP contribution in [0.15, 0.2) is 23.1 Å². The number of nitrogens with zero attached hydrogens (tertiary/aromatic N) is 2. The molecule has 1 atom stereocenters. The Kier molecular flexibility index (Phi) is 5.02. The molecule has 0 bridgehead atoms. The van der Waals surface area contributed by atoms with Crippen LogP contribution in [0.4, 0.5) is 5.69 Å². The number of aryl methyl sites for hydroxylation is 1. The van der Waals surface area contributed by atoms with Gasteiger partial charge in [0.25, 0.3) is 5.69 Å². The predicted octanol–water partition coefficient (Wildman–Crippen LogP) is 1.24. The quantitative estimate of drug-likeness (QED) is 0.623. The summed E-state index contributed by atoms with van der Waals surface area (Å²) in [4.78, 5) is 20.7. The number of benzene rings is 1. The van der Waals surface area contributed by atoms with E-state index in [4.69, 9.17) is 5.11 Å². The second-order valence-corrected chi connectivity index (χ2v) is 6.78. The van der Waals surface area contributed by atoms with Gasteiger partial charge in [-0.1, -0.05) is 13.0 Å². The number of hydrogen-bond donors (Lipinski definition) is 1. The van der Waals surface area contributed by atoms with Crippen molar-refractivity contribution in [3.05, 3.63) is 33.9 Å². The van der Waals surface area contributed by atoms with Gasteiger partial charge in [-0.2, -0.15) is 0 Å². The first-order valence-electron chi connectivity index (χ1n) is 6.01. The number of carboxylic acid groups (broad SMARTS) is 1. The summed E-state index contributed by atoms with van der Waals surface area (Å²) in [6, 6.07) is 3.59. The van der Waals surface area contributed by atoms with Gasteiger partial charge in [0.1, 0.15) is 0 Å². The minimum atomic E-state index is -3.97. The van der Waals surface area contributed by atoms with Crippen LogP contribution in [0.25, 0.3) is 0 Å². The Morgan fingerprint density at radius 1 is 1.48 bits per heavy atom. The van der Waals surface area contributed by atoms with Gasteiger partial charge in [-0.3, -0.25) is 14.9 Å². The van der Waals surface area contributed by atoms with E-state index in [1.807, 2.05) is 0 Å². The molecule has 0 radical (unpaired) electrons. The second-order valence-electron chi connectivity index (χ2n) is 4.73. The fourth-order valence-corrected chi connectivity index (χ4v) is 2.97. The standard InChI is InChI=1S/C12H16N2O6S/c1-8-4-5-10(6-11(8)14(17)18)21(19,20)13(3)7-9(2)12(15)16/h4-6,9H,7H2,1-3H3,(H,15,16). The van der Waals surface area contributed by atoms with Crippen LogP contribution in [0, 0.1) is 23.0 Å². The molecule has 21 heavy (non-hydrogen) atoms. The molecule has 8 nitrogen and oxygen atoms in total. The van der Waals surface area contributed by atoms with Gasteiger partial charge in [-0.15, -0.1) is 0 Å². The Hall–Kier alpha value is -2.00. The van der Waals surface area contributed by atoms with Gasteiger partial charge in [-0.25, -0.2) is 12.7 Å². The van der Waals surface area contributed by atoms with Gasteiger partial charge >= 0.3 is 5.97 Å². The van der Waals surface area contributed by atoms with E-state index in [-0.39, 0.29) is 17.1 Å². The maximum atomic E-state index is 12.3. The minimum Gasteiger partial charge on any atom is -0.481 e. The SMILES string of the molecule is Cc1ccc(S(=O)(=O)N(C)CC(C)C(=O)O)cc1[N+](=O)[O-]. The number of carbonyl (C=O) groups is 1. The zero-order valence-corrected chi connectivity index (χ0v) is 12.6. The molecule has 0 aliphatic carbocycles. The average molecular weight is 316 g/mol. The van der Waals surface area contributed by atoms with E-state index in [0.717, 1.165) is 10.4 Å². The van der Waals surface area contributed by atoms with Crippen LogP contribution in [0.2, 0.25) is 0 Å². The van der Waals surface area contributed by atoms with E-state index >= 15 is 0 Å². The van der Waals surface area contributed by atoms with Crippen LogP contribution >= 0.6 is 0 Å². The molecule has 9 heteroatoms. The van der Waals surface area contributed by atoms with Crippen LogP contribution in [0.5, 0.6) is 0 Å². The van der Waals surface area contributed by atoms with Crippen LogP contribution in [0.3, 0.4) is 0 Å². The maximum Gasteiger partial charge on any atom is 0.307 e. The molecule has 1 aromatic rings. The topological polar surface area (TPSA) is 118 Å². The molecule has 1 rings (SSSR count). The number of sulfonamides is 1. The summed E-state index contributed by atoms with van der Waals surface area (Å²) in [6.45, 7) is 2.66. The van der Waals surface area contributed by atoms with Gasteiger partial charge in [0, 0.05) is 25.2 Å². The lowest BCUT2D eigenvalue weighted by atomic mass is 10.2. The van der Waals surface area contributed by atoms with Crippen molar-refractivity contribution in [2.45, 2.75) is 18.7 Å². The van der Waals surface area contributed by atoms with E-state index in [2.05, 4.69) is 0 Å². The van der Waals surface area contributed by atoms with Crippen molar-refractivity contribution in [2.24, 2.45) is 5.92 Å². The van der Waals surface area contributed by atoms with Crippen molar-refractivity contribution in [3.63, 3.8) is 0 Å². The summed E-state index contributed by atoms with van der Waals surface area (Å²) in [5, 5.41) is 19.7. The van der Waals surface area contributed by atoms with Crippen LogP contribution < -0.4 is 0 Å². The number of nitro benzene ring substituents is 1. The zero-order chi connectivity index (χ0) is 16.4. The normalized spacial score (nSPS) is 13.1. The van der Waals surface area contributed by atoms with E-state index in [0.29, 0.717) is 5.56 Å². The zero-order valence-electron chi connectivity index (χ0n) is 11.8. The summed E-state index contributed by atoms with van der Waals surface area (Å²) in [5.41, 5.74) is 0.0521. The van der Waals surface area contributed by atoms with E-state index in [1.165, 1.54) is 33.0 Å². The Bertz CT molecular complexity index is 670. The summed E-state index contributed by atoms with van der Waals surface area (Å²) in [7, 11) is -2.74. The van der Waals surface area contributed by atoms with Gasteiger partial charge < -0.3 is 5.11 Å². The molecule has 0 saturated heterocycles. The van der Waals surface area contributed by atoms with Gasteiger partial charge in [-0.05, 0) is 13.0 Å². The summed E-state index contributed by atoms with van der Waals surface area (Å²) in [5.74, 6) is -2.00. The second kappa shape index (κ2) is 6.19. The van der Waals surface area contributed by atoms with Crippen molar-refractivity contribution in [1.29, 1.82) is 0 Å². The molecular formula is C12H16N2O6S. The third-order valence-corrected chi connectivity index (χ3v) is 4.86. The first kappa shape index (κ1) is 17.1. The summed E-state index contributed by atoms with van der Waals surface area (Å²) >= 11 is 0. The Morgan fingerprint density at radius 3 is 2.52 bits per heavy atom. The number of aliphatic carboxylic acids is 1. The summed E-state index contributed by atoms with van der Waals surface area (Å²) in [6.07, 6.45) is 0. The first-order chi connectivity index (χ1) is 9.57. The molecule has 1 unspecified atom stereocenters. The van der Waals surface area contributed by atoms with E-state index in [1.54, 1.807) is 0 Å². The molecule has 0 saturated carbocycles. The van der Waals surface area contributed by atoms with Gasteiger partial charge in [0.05, 0.1) is 15.7 Å². The Balaban J connectivity index is 3.16. The molecule has 0 aliphatic heterocycles. The lowest BCUT2D eigenvalue weighted by Crippen LogP contribution is -2.33. The number of nitro groups is 1. The van der Waals surface area contributed by atoms with Crippen molar-refractivity contribution >= 4 is 21.7 Å². The fourth-order valence-electron chi connectivity index (χ4n) is 1.69. The lowest BCUT2D eigenvalue weighted by Gasteiger charge is -2.19. The number of carboxylic acids is 1. The Morgan fingerprint density at radius 2 is 2.05 bits per heavy atom. The molecule has 0 fully saturated rings. The molecular weight excluding hydrogens is 300 g/mol. The minimum absolute atomic E-state index is 0.223. The third-order valence-electron chi connectivity index (χ3n) is 3.04. The smallest absolute Gasteiger partial charge is 0.307 e. The molecule has 1 aromatic carbocycles. The molecule has 0 aromatic heterocycles. The van der Waals surface area contributed by atoms with Gasteiger partial charge in [0.15, 0.2) is 0 Å². The van der Waals surface area contributed by atoms with Crippen molar-refractivity contribution < 1.29 is 23.2 Å². The van der Waals surface area contributed by atoms with Crippen molar-refractivity contribution in [1.82, 2.24) is 4.31 Å². The first-order valence-corrected chi connectivity index (χ1v) is 7.45. The average Bonchev–Trinajstić information content (AvgIpc) is 2.38. The van der Waals surface area contributed by atoms with E-state index in [9.17, 15) is 23.3 Å². The van der Waals surface area contributed by atoms with Crippen LogP contribution in [-0.2, 0) is 14.8 Å². The van der Waals surface area contributed by atoms with Crippen molar-refractivity contribution in [2.75, 3.05) is 13.6 Å². The molecule has 0 spiro atoms. The molecule has 116 valence electrons. The predicted molar refractivity (Wildman–Crippen MR) is 74.4 cm³/mol. The lowest BCUT2D eigenvalue weighted by molar-refractivity contribution is -0.385. The highest BCUT2D eigenvalue weighted by molar-refractivity contribution is 7.89. The fraction of sp³-hybridized carbons (Fsp3) is 0.417. The molecule has 1 N–H and O–H groups in total. The van der Waals surface area contributed by atoms with E-state index < -0.39 is 26.8 Å². The maximum absolute atomic E-state index is 12.3. The highest BCUT2D eigenvalue weighted by atomic mass is 32.2. The summed E-state index contributed by atoms with van der Waals surface area (Å²) < 4.78 is 25.4. The highest BCUT2D eigenvalue weighted by Gasteiger charge is 2.26. The molecule has 0 aliphatic rings. The highest BCUT2D eigenvalue weighted by Crippen LogP contribution is 2.24. The molecule has 0 amide bonds. The van der Waals surface area contributed by atoms with Crippen molar-refractivity contribution in [3.8, 4) is 0 Å². The van der Waals surface area contributed by atoms with Gasteiger partial charge in [0.2, 0.25) is 10.0 Å². The number of rotatable bonds is 6.